The zero-order valence-electron chi connectivity index (χ0n) is 14.2. The molecule has 2 aromatic carbocycles. The maximum atomic E-state index is 13.7. The minimum Gasteiger partial charge on any atom is -0.490 e. The van der Waals surface area contributed by atoms with Gasteiger partial charge in [0.05, 0.1) is 6.61 Å². The molecule has 3 aromatic rings. The molecule has 0 saturated heterocycles. The zero-order valence-corrected chi connectivity index (χ0v) is 14.2. The molecule has 4 rings (SSSR count). The monoisotopic (exact) mass is 360 g/mol. The molecule has 0 spiro atoms. The molecule has 0 radical (unpaired) electrons. The topological polar surface area (TPSA) is 26.2 Å². The maximum Gasteiger partial charge on any atom is 0.165 e. The normalized spacial score (nSPS) is 13.8. The summed E-state index contributed by atoms with van der Waals surface area (Å²) in [6.45, 7) is 2.56. The summed E-state index contributed by atoms with van der Waals surface area (Å²) >= 11 is 0. The lowest BCUT2D eigenvalue weighted by atomic mass is 10.1. The summed E-state index contributed by atoms with van der Waals surface area (Å²) in [6, 6.07) is 8.02. The molecule has 0 fully saturated rings. The summed E-state index contributed by atoms with van der Waals surface area (Å²) in [6.07, 6.45) is 1.52. The van der Waals surface area contributed by atoms with Crippen LogP contribution in [0.15, 0.2) is 36.4 Å². The van der Waals surface area contributed by atoms with Crippen LogP contribution in [0, 0.1) is 17.5 Å². The molecule has 0 atom stereocenters. The van der Waals surface area contributed by atoms with Crippen molar-refractivity contribution in [3.8, 4) is 5.75 Å². The highest BCUT2D eigenvalue weighted by atomic mass is 19.1. The first-order valence-electron chi connectivity index (χ1n) is 8.71. The quantitative estimate of drug-likeness (QED) is 0.691. The van der Waals surface area contributed by atoms with E-state index in [-0.39, 0.29) is 18.2 Å². The predicted molar refractivity (Wildman–Crippen MR) is 93.8 cm³/mol. The van der Waals surface area contributed by atoms with E-state index in [0.29, 0.717) is 13.0 Å². The van der Waals surface area contributed by atoms with Crippen molar-refractivity contribution in [1.82, 2.24) is 9.88 Å². The first-order valence-corrected chi connectivity index (χ1v) is 8.71. The van der Waals surface area contributed by atoms with Crippen molar-refractivity contribution in [1.29, 1.82) is 0 Å². The zero-order chi connectivity index (χ0) is 18.1. The Morgan fingerprint density at radius 2 is 1.85 bits per heavy atom. The van der Waals surface area contributed by atoms with Crippen molar-refractivity contribution in [2.75, 3.05) is 13.2 Å². The van der Waals surface area contributed by atoms with Gasteiger partial charge in [-0.05, 0) is 42.3 Å². The van der Waals surface area contributed by atoms with E-state index in [4.69, 9.17) is 4.74 Å². The maximum absolute atomic E-state index is 13.7. The van der Waals surface area contributed by atoms with E-state index >= 15 is 0 Å². The molecule has 136 valence electrons. The molecule has 0 bridgehead atoms. The number of ether oxygens (including phenoxy) is 1. The van der Waals surface area contributed by atoms with Crippen LogP contribution in [0.25, 0.3) is 10.9 Å². The summed E-state index contributed by atoms with van der Waals surface area (Å²) in [7, 11) is 0. The molecular weight excluding hydrogens is 341 g/mol. The van der Waals surface area contributed by atoms with Gasteiger partial charge in [0.1, 0.15) is 11.6 Å². The number of benzene rings is 2. The lowest BCUT2D eigenvalue weighted by Gasteiger charge is -2.17. The van der Waals surface area contributed by atoms with Gasteiger partial charge in [-0.25, -0.2) is 13.2 Å². The molecule has 26 heavy (non-hydrogen) atoms. The number of aryl methyl sites for hydroxylation is 1. The molecule has 1 aromatic heterocycles. The van der Waals surface area contributed by atoms with E-state index < -0.39 is 11.6 Å². The van der Waals surface area contributed by atoms with E-state index in [1.54, 1.807) is 12.1 Å². The second kappa shape index (κ2) is 7.03. The van der Waals surface area contributed by atoms with E-state index in [2.05, 4.69) is 9.88 Å². The van der Waals surface area contributed by atoms with Crippen LogP contribution in [0.2, 0.25) is 0 Å². The lowest BCUT2D eigenvalue weighted by molar-refractivity contribution is 0.286. The molecule has 1 aliphatic heterocycles. The van der Waals surface area contributed by atoms with Gasteiger partial charge in [0.25, 0.3) is 0 Å². The Bertz CT molecular complexity index is 952. The third-order valence-electron chi connectivity index (χ3n) is 4.77. The second-order valence-corrected chi connectivity index (χ2v) is 6.44. The van der Waals surface area contributed by atoms with Crippen molar-refractivity contribution in [2.24, 2.45) is 0 Å². The number of nitrogens with one attached hydrogen (secondary N) is 1. The Morgan fingerprint density at radius 3 is 2.73 bits per heavy atom. The summed E-state index contributed by atoms with van der Waals surface area (Å²) in [5, 5.41) is 4.26. The smallest absolute Gasteiger partial charge is 0.165 e. The van der Waals surface area contributed by atoms with Crippen LogP contribution in [0.5, 0.6) is 5.75 Å². The standard InChI is InChI=1S/C20H19F3N2O/c21-13-3-5-18-15(10-13)16-12-24-7-6-19(16)25(18)8-1-9-26-20-11-14(22)2-4-17(20)23/h2-5,10-11,24H,1,6-9,12H2. The van der Waals surface area contributed by atoms with Gasteiger partial charge < -0.3 is 14.6 Å². The molecule has 6 heteroatoms. The fraction of sp³-hybridized carbons (Fsp3) is 0.300. The number of fused-ring (bicyclic) bond motifs is 3. The Hall–Kier alpha value is -2.47. The minimum absolute atomic E-state index is 0.0735. The Morgan fingerprint density at radius 1 is 1.04 bits per heavy atom. The largest absolute Gasteiger partial charge is 0.490 e. The number of hydrogen-bond acceptors (Lipinski definition) is 2. The first kappa shape index (κ1) is 17.0. The van der Waals surface area contributed by atoms with Crippen LogP contribution in [-0.2, 0) is 19.5 Å². The molecule has 0 aliphatic carbocycles. The van der Waals surface area contributed by atoms with E-state index in [1.165, 1.54) is 11.8 Å². The van der Waals surface area contributed by atoms with Gasteiger partial charge in [-0.3, -0.25) is 0 Å². The molecule has 0 amide bonds. The fourth-order valence-electron chi connectivity index (χ4n) is 3.60. The van der Waals surface area contributed by atoms with Crippen LogP contribution in [0.1, 0.15) is 17.7 Å². The van der Waals surface area contributed by atoms with Gasteiger partial charge >= 0.3 is 0 Å². The second-order valence-electron chi connectivity index (χ2n) is 6.44. The van der Waals surface area contributed by atoms with Crippen LogP contribution < -0.4 is 10.1 Å². The van der Waals surface area contributed by atoms with Crippen LogP contribution in [0.3, 0.4) is 0 Å². The van der Waals surface area contributed by atoms with Crippen LogP contribution in [0.4, 0.5) is 13.2 Å². The van der Waals surface area contributed by atoms with Gasteiger partial charge in [0.15, 0.2) is 11.6 Å². The molecule has 0 saturated carbocycles. The number of hydrogen-bond donors (Lipinski definition) is 1. The van der Waals surface area contributed by atoms with Crippen molar-refractivity contribution < 1.29 is 17.9 Å². The fourth-order valence-corrected chi connectivity index (χ4v) is 3.60. The predicted octanol–water partition coefficient (Wildman–Crippen LogP) is 4.17. The summed E-state index contributed by atoms with van der Waals surface area (Å²) in [5.41, 5.74) is 3.35. The molecule has 1 aliphatic rings. The average molecular weight is 360 g/mol. The first-order chi connectivity index (χ1) is 12.6. The number of rotatable bonds is 5. The Balaban J connectivity index is 1.51. The van der Waals surface area contributed by atoms with E-state index in [1.807, 2.05) is 0 Å². The van der Waals surface area contributed by atoms with Crippen LogP contribution >= 0.6 is 0 Å². The number of nitrogens with zero attached hydrogens (tertiary/aromatic N) is 1. The third kappa shape index (κ3) is 3.17. The Kier molecular flexibility index (Phi) is 4.59. The highest BCUT2D eigenvalue weighted by Gasteiger charge is 2.19. The molecule has 0 unspecified atom stereocenters. The Labute approximate surface area is 149 Å². The van der Waals surface area contributed by atoms with Gasteiger partial charge in [-0.15, -0.1) is 0 Å². The third-order valence-corrected chi connectivity index (χ3v) is 4.77. The van der Waals surface area contributed by atoms with Crippen LogP contribution in [-0.4, -0.2) is 17.7 Å². The summed E-state index contributed by atoms with van der Waals surface area (Å²) < 4.78 is 48.0. The van der Waals surface area contributed by atoms with E-state index in [9.17, 15) is 13.2 Å². The number of halogens is 3. The molecular formula is C20H19F3N2O. The SMILES string of the molecule is Fc1ccc(F)c(OCCCn2c3c(c4cc(F)ccc42)CNCC3)c1. The molecule has 2 heterocycles. The number of aromatic nitrogens is 1. The van der Waals surface area contributed by atoms with Crippen molar-refractivity contribution >= 4 is 10.9 Å². The lowest BCUT2D eigenvalue weighted by Crippen LogP contribution is -2.24. The summed E-state index contributed by atoms with van der Waals surface area (Å²) in [4.78, 5) is 0. The highest BCUT2D eigenvalue weighted by molar-refractivity contribution is 5.86. The van der Waals surface area contributed by atoms with Gasteiger partial charge in [-0.2, -0.15) is 0 Å². The van der Waals surface area contributed by atoms with Gasteiger partial charge in [-0.1, -0.05) is 0 Å². The molecule has 3 nitrogen and oxygen atoms in total. The van der Waals surface area contributed by atoms with Gasteiger partial charge in [0.2, 0.25) is 0 Å². The minimum atomic E-state index is -0.572. The van der Waals surface area contributed by atoms with Crippen molar-refractivity contribution in [3.63, 3.8) is 0 Å². The summed E-state index contributed by atoms with van der Waals surface area (Å²) in [5.74, 6) is -1.42. The average Bonchev–Trinajstić information content (AvgIpc) is 2.95. The molecule has 1 N–H and O–H groups in total. The highest BCUT2D eigenvalue weighted by Crippen LogP contribution is 2.29. The van der Waals surface area contributed by atoms with Crippen molar-refractivity contribution in [3.05, 3.63) is 65.1 Å². The van der Waals surface area contributed by atoms with Crippen molar-refractivity contribution in [2.45, 2.75) is 25.9 Å². The van der Waals surface area contributed by atoms with Gasteiger partial charge in [0, 0.05) is 48.7 Å². The van der Waals surface area contributed by atoms with E-state index in [0.717, 1.165) is 54.2 Å².